The van der Waals surface area contributed by atoms with Crippen molar-refractivity contribution in [1.82, 2.24) is 9.97 Å². The molecule has 0 unspecified atom stereocenters. The van der Waals surface area contributed by atoms with Crippen molar-refractivity contribution in [2.45, 2.75) is 31.3 Å². The zero-order valence-corrected chi connectivity index (χ0v) is 17.6. The number of H-pyrrole nitrogens is 1. The molecule has 30 heavy (non-hydrogen) atoms. The summed E-state index contributed by atoms with van der Waals surface area (Å²) in [5.74, 6) is 0.398. The predicted molar refractivity (Wildman–Crippen MR) is 120 cm³/mol. The van der Waals surface area contributed by atoms with E-state index in [-0.39, 0.29) is 23.5 Å². The number of hydrogen-bond donors (Lipinski definition) is 3. The number of thioether (sulfide) groups is 1. The Morgan fingerprint density at radius 1 is 1.03 bits per heavy atom. The second kappa shape index (κ2) is 9.17. The predicted octanol–water partition coefficient (Wildman–Crippen LogP) is 4.39. The summed E-state index contributed by atoms with van der Waals surface area (Å²) in [5, 5.41) is 6.51. The molecule has 7 heteroatoms. The molecule has 1 aliphatic rings. The van der Waals surface area contributed by atoms with Crippen molar-refractivity contribution < 1.29 is 9.59 Å². The van der Waals surface area contributed by atoms with Crippen molar-refractivity contribution >= 4 is 35.0 Å². The molecule has 0 spiro atoms. The molecule has 3 N–H and O–H groups in total. The molecule has 0 radical (unpaired) electrons. The second-order valence-corrected chi connectivity index (χ2v) is 8.42. The van der Waals surface area contributed by atoms with Crippen molar-refractivity contribution in [1.29, 1.82) is 0 Å². The topological polar surface area (TPSA) is 86.9 Å². The van der Waals surface area contributed by atoms with Crippen molar-refractivity contribution in [2.24, 2.45) is 5.92 Å². The van der Waals surface area contributed by atoms with Gasteiger partial charge in [0, 0.05) is 29.4 Å². The number of amides is 2. The average Bonchev–Trinajstić information content (AvgIpc) is 3.54. The summed E-state index contributed by atoms with van der Waals surface area (Å²) in [5.41, 5.74) is 4.67. The molecular formula is C23H24N4O2S. The molecule has 1 aliphatic carbocycles. The largest absolute Gasteiger partial charge is 0.337 e. The summed E-state index contributed by atoms with van der Waals surface area (Å²) < 4.78 is 0. The third kappa shape index (κ3) is 5.51. The van der Waals surface area contributed by atoms with Gasteiger partial charge in [0.05, 0.1) is 11.4 Å². The Labute approximate surface area is 179 Å². The smallest absolute Gasteiger partial charge is 0.234 e. The second-order valence-electron chi connectivity index (χ2n) is 7.45. The molecule has 2 amide bonds. The van der Waals surface area contributed by atoms with Crippen LogP contribution in [0.3, 0.4) is 0 Å². The standard InChI is InChI=1S/C23H24N4O2S/c1-15-20(13-16-5-3-2-4-6-16)27-23(24-15)30-14-21(28)25-18-9-11-19(12-10-18)26-22(29)17-7-8-17/h2-6,9-12,17H,7-8,13-14H2,1H3,(H,24,27)(H,25,28)(H,26,29). The van der Waals surface area contributed by atoms with Crippen LogP contribution in [0.25, 0.3) is 0 Å². The molecule has 154 valence electrons. The van der Waals surface area contributed by atoms with Gasteiger partial charge in [-0.05, 0) is 49.6 Å². The van der Waals surface area contributed by atoms with Crippen molar-refractivity contribution in [3.05, 3.63) is 71.5 Å². The molecule has 0 aliphatic heterocycles. The van der Waals surface area contributed by atoms with E-state index in [4.69, 9.17) is 0 Å². The van der Waals surface area contributed by atoms with Crippen LogP contribution in [0.2, 0.25) is 0 Å². The summed E-state index contributed by atoms with van der Waals surface area (Å²) in [6, 6.07) is 17.4. The van der Waals surface area contributed by atoms with Gasteiger partial charge in [-0.2, -0.15) is 0 Å². The van der Waals surface area contributed by atoms with Gasteiger partial charge in [-0.25, -0.2) is 4.98 Å². The fourth-order valence-electron chi connectivity index (χ4n) is 3.05. The number of benzene rings is 2. The number of aryl methyl sites for hydroxylation is 1. The summed E-state index contributed by atoms with van der Waals surface area (Å²) in [6.07, 6.45) is 2.71. The first-order valence-electron chi connectivity index (χ1n) is 10.00. The Morgan fingerprint density at radius 2 is 1.70 bits per heavy atom. The Kier molecular flexibility index (Phi) is 6.18. The Hall–Kier alpha value is -3.06. The van der Waals surface area contributed by atoms with Crippen molar-refractivity contribution in [3.8, 4) is 0 Å². The third-order valence-electron chi connectivity index (χ3n) is 4.90. The first kappa shape index (κ1) is 20.2. The molecule has 0 saturated heterocycles. The van der Waals surface area contributed by atoms with Gasteiger partial charge in [-0.3, -0.25) is 9.59 Å². The van der Waals surface area contributed by atoms with Gasteiger partial charge >= 0.3 is 0 Å². The highest BCUT2D eigenvalue weighted by atomic mass is 32.2. The van der Waals surface area contributed by atoms with E-state index in [1.807, 2.05) is 25.1 Å². The first-order chi connectivity index (χ1) is 14.6. The molecule has 4 rings (SSSR count). The van der Waals surface area contributed by atoms with Crippen LogP contribution in [-0.2, 0) is 16.0 Å². The van der Waals surface area contributed by atoms with Crippen LogP contribution in [0, 0.1) is 12.8 Å². The maximum Gasteiger partial charge on any atom is 0.234 e. The maximum atomic E-state index is 12.3. The molecule has 1 fully saturated rings. The SMILES string of the molecule is Cc1[nH]c(SCC(=O)Nc2ccc(NC(=O)C3CC3)cc2)nc1Cc1ccccc1. The number of carbonyl (C=O) groups excluding carboxylic acids is 2. The fourth-order valence-corrected chi connectivity index (χ4v) is 3.79. The van der Waals surface area contributed by atoms with Crippen LogP contribution in [-0.4, -0.2) is 27.5 Å². The van der Waals surface area contributed by atoms with Crippen LogP contribution < -0.4 is 10.6 Å². The van der Waals surface area contributed by atoms with Gasteiger partial charge < -0.3 is 15.6 Å². The Balaban J connectivity index is 1.26. The molecule has 1 heterocycles. The van der Waals surface area contributed by atoms with Crippen LogP contribution >= 0.6 is 11.8 Å². The van der Waals surface area contributed by atoms with Gasteiger partial charge in [0.2, 0.25) is 11.8 Å². The number of aromatic amines is 1. The summed E-state index contributed by atoms with van der Waals surface area (Å²) in [4.78, 5) is 32.0. The number of nitrogens with zero attached hydrogens (tertiary/aromatic N) is 1. The van der Waals surface area contributed by atoms with Crippen LogP contribution in [0.4, 0.5) is 11.4 Å². The van der Waals surface area contributed by atoms with E-state index < -0.39 is 0 Å². The number of carbonyl (C=O) groups is 2. The minimum absolute atomic E-state index is 0.0727. The molecule has 0 atom stereocenters. The van der Waals surface area contributed by atoms with Crippen molar-refractivity contribution in [3.63, 3.8) is 0 Å². The maximum absolute atomic E-state index is 12.3. The summed E-state index contributed by atoms with van der Waals surface area (Å²) in [6.45, 7) is 2.00. The lowest BCUT2D eigenvalue weighted by molar-refractivity contribution is -0.117. The van der Waals surface area contributed by atoms with Crippen LogP contribution in [0.1, 0.15) is 29.8 Å². The first-order valence-corrected chi connectivity index (χ1v) is 11.0. The van der Waals surface area contributed by atoms with E-state index in [0.29, 0.717) is 5.69 Å². The number of hydrogen-bond acceptors (Lipinski definition) is 4. The number of imidazole rings is 1. The van der Waals surface area contributed by atoms with E-state index >= 15 is 0 Å². The molecule has 6 nitrogen and oxygen atoms in total. The lowest BCUT2D eigenvalue weighted by atomic mass is 10.1. The normalized spacial score (nSPS) is 13.1. The van der Waals surface area contributed by atoms with E-state index in [9.17, 15) is 9.59 Å². The van der Waals surface area contributed by atoms with Gasteiger partial charge in [0.1, 0.15) is 0 Å². The molecule has 2 aromatic carbocycles. The molecule has 1 aromatic heterocycles. The molecular weight excluding hydrogens is 396 g/mol. The zero-order valence-electron chi connectivity index (χ0n) is 16.8. The Bertz CT molecular complexity index is 1030. The minimum Gasteiger partial charge on any atom is -0.337 e. The lowest BCUT2D eigenvalue weighted by Crippen LogP contribution is -2.15. The fraction of sp³-hybridized carbons (Fsp3) is 0.261. The van der Waals surface area contributed by atoms with E-state index in [2.05, 4.69) is 32.7 Å². The van der Waals surface area contributed by atoms with Crippen molar-refractivity contribution in [2.75, 3.05) is 16.4 Å². The number of rotatable bonds is 8. The van der Waals surface area contributed by atoms with Crippen LogP contribution in [0.5, 0.6) is 0 Å². The number of aromatic nitrogens is 2. The molecule has 1 saturated carbocycles. The third-order valence-corrected chi connectivity index (χ3v) is 5.78. The van der Waals surface area contributed by atoms with Gasteiger partial charge in [0.15, 0.2) is 5.16 Å². The van der Waals surface area contributed by atoms with Gasteiger partial charge in [-0.15, -0.1) is 0 Å². The quantitative estimate of drug-likeness (QED) is 0.472. The Morgan fingerprint density at radius 3 is 2.37 bits per heavy atom. The van der Waals surface area contributed by atoms with Gasteiger partial charge in [0.25, 0.3) is 0 Å². The lowest BCUT2D eigenvalue weighted by Gasteiger charge is -2.07. The van der Waals surface area contributed by atoms with Crippen LogP contribution in [0.15, 0.2) is 59.8 Å². The average molecular weight is 421 g/mol. The minimum atomic E-state index is -0.103. The summed E-state index contributed by atoms with van der Waals surface area (Å²) >= 11 is 1.38. The monoisotopic (exact) mass is 420 g/mol. The number of nitrogens with one attached hydrogen (secondary N) is 3. The zero-order chi connectivity index (χ0) is 20.9. The van der Waals surface area contributed by atoms with E-state index in [0.717, 1.165) is 41.5 Å². The molecule has 3 aromatic rings. The molecule has 0 bridgehead atoms. The summed E-state index contributed by atoms with van der Waals surface area (Å²) in [7, 11) is 0. The van der Waals surface area contributed by atoms with Gasteiger partial charge in [-0.1, -0.05) is 42.1 Å². The number of anilines is 2. The highest BCUT2D eigenvalue weighted by Gasteiger charge is 2.29. The highest BCUT2D eigenvalue weighted by Crippen LogP contribution is 2.30. The highest BCUT2D eigenvalue weighted by molar-refractivity contribution is 7.99. The van der Waals surface area contributed by atoms with E-state index in [1.165, 1.54) is 17.3 Å². The van der Waals surface area contributed by atoms with E-state index in [1.54, 1.807) is 24.3 Å².